The van der Waals surface area contributed by atoms with Crippen LogP contribution in [-0.2, 0) is 58.0 Å². The van der Waals surface area contributed by atoms with Gasteiger partial charge in [-0.1, -0.05) is 307 Å². The molecule has 0 fully saturated rings. The van der Waals surface area contributed by atoms with Crippen LogP contribution in [-0.4, -0.2) is 56.4 Å². The summed E-state index contributed by atoms with van der Waals surface area (Å²) < 4.78 is 79.1. The number of benzene rings is 8. The fourth-order valence-corrected chi connectivity index (χ4v) is 11.6. The molecule has 8 aromatic carbocycles. The molecule has 0 N–H and O–H groups in total. The Kier molecular flexibility index (Phi) is 51.5. The molecular weight excluding hydrogens is 1530 g/mol. The molecule has 116 heavy (non-hydrogen) atoms. The van der Waals surface area contributed by atoms with Crippen molar-refractivity contribution >= 4 is 57.0 Å². The van der Waals surface area contributed by atoms with Gasteiger partial charge in [0.05, 0.1) is 32.7 Å². The number of carboxylic acid groups (broad SMARTS) is 4. The number of aromatic carboxylic acids is 1. The average Bonchev–Trinajstić information content (AvgIpc) is 0.892. The molecule has 23 heteroatoms. The van der Waals surface area contributed by atoms with Gasteiger partial charge in [0.25, 0.3) is 0 Å². The number of hydrogen-bond acceptors (Lipinski definition) is 20. The molecule has 8 rings (SSSR count). The molecule has 8 atom stereocenters. The second kappa shape index (κ2) is 55.7. The lowest BCUT2D eigenvalue weighted by molar-refractivity contribution is -0.386. The zero-order chi connectivity index (χ0) is 88.7. The predicted octanol–water partition coefficient (Wildman–Crippen LogP) is 14.0. The molecule has 0 amide bonds. The lowest BCUT2D eigenvalue weighted by Crippen LogP contribution is -2.37. The standard InChI is InChI=1S/C12H16O3.C12H16O2.C11H16O3S.C11H14O2.C11H15O.C10H15O3P.C10H14O3S.C10H14O.C6H12O2/c1-3-9(2)10-4-6-11(7-5-10)15-8-12(13)14;1-3-9(2)11-6-4-10(5-7-11)8-12(13)14;1-3-9(2)11-6-4-10(5-7-11)8-15(12,13)14;1-3-8(2)9-4-6-10(7-5-9)11(12)13;1-3-9(2)11-6-4-10(8-12)5-7-11;2*1-3-8(2)9-4-6-10(7-5-9)14(11,12)13;1-3-8(2)9-4-6-10(11)7-5-9;1-4-6(2,3)5(7)8/h4-7,9H,3,8H2,1-2H3,(H,13,14);4-7,9H,3,8H2,1-2H3,(H,13,14);4-7,9H,3,8H2,1-2H3,(H,12,13,14);4-8H,3H2,1-2H3,(H,12,13);4-7,9H,3,8H2,1-2H3;4-8H,3H2,1-2H3,(H2,11,12,13);4-8H,3H2,1-2H3,(H,11,12,13);4-8,11H,3H2,1-2H3;4H2,1-3H3,(H,7,8)/q;;;;-1;;;;/p-9. The van der Waals surface area contributed by atoms with Gasteiger partial charge in [-0.05, 0) is 203 Å². The molecule has 642 valence electrons. The van der Waals surface area contributed by atoms with Crippen LogP contribution >= 0.6 is 7.60 Å². The number of carbonyl (C=O) groups is 4. The first-order chi connectivity index (χ1) is 54.2. The number of carbonyl (C=O) groups excluding carboxylic acids is 4. The quantitative estimate of drug-likeness (QED) is 0.0310. The minimum atomic E-state index is -4.58. The van der Waals surface area contributed by atoms with Crippen LogP contribution in [0.5, 0.6) is 11.5 Å². The highest BCUT2D eigenvalue weighted by Crippen LogP contribution is 2.28. The first-order valence-electron chi connectivity index (χ1n) is 39.6. The summed E-state index contributed by atoms with van der Waals surface area (Å²) in [5, 5.41) is 62.2. The molecule has 0 aliphatic heterocycles. The van der Waals surface area contributed by atoms with Crippen LogP contribution in [0.1, 0.15) is 308 Å². The molecule has 8 aromatic rings. The summed E-state index contributed by atoms with van der Waals surface area (Å²) in [5.41, 5.74) is 11.4. The van der Waals surface area contributed by atoms with E-state index >= 15 is 0 Å². The fraction of sp³-hybridized carbons (Fsp3) is 0.441. The van der Waals surface area contributed by atoms with Gasteiger partial charge >= 0.3 is 0 Å². The van der Waals surface area contributed by atoms with Crippen LogP contribution in [0, 0.1) is 5.41 Å². The van der Waals surface area contributed by atoms with E-state index in [-0.39, 0.29) is 34.5 Å². The Labute approximate surface area is 692 Å². The van der Waals surface area contributed by atoms with E-state index in [0.29, 0.717) is 65.1 Å². The van der Waals surface area contributed by atoms with E-state index in [4.69, 9.17) is 4.74 Å². The third-order valence-electron chi connectivity index (χ3n) is 20.3. The summed E-state index contributed by atoms with van der Waals surface area (Å²) in [6.07, 6.45) is 9.16. The number of hydrogen-bond donors (Lipinski definition) is 0. The smallest absolute Gasteiger partial charge is 0.128 e. The van der Waals surface area contributed by atoms with Gasteiger partial charge in [-0.2, -0.15) is 0 Å². The zero-order valence-electron chi connectivity index (χ0n) is 71.2. The van der Waals surface area contributed by atoms with E-state index in [1.165, 1.54) is 57.6 Å². The van der Waals surface area contributed by atoms with Gasteiger partial charge in [0.2, 0.25) is 0 Å². The van der Waals surface area contributed by atoms with E-state index in [0.717, 1.165) is 73.6 Å². The van der Waals surface area contributed by atoms with Gasteiger partial charge in [-0.25, -0.2) is 16.8 Å². The topological polar surface area (TPSA) is 393 Å². The van der Waals surface area contributed by atoms with Crippen molar-refractivity contribution in [3.05, 3.63) is 261 Å². The fourth-order valence-electron chi connectivity index (χ4n) is 9.98. The monoisotopic (exact) mass is 1650 g/mol. The van der Waals surface area contributed by atoms with Crippen molar-refractivity contribution in [2.75, 3.05) is 6.61 Å². The lowest BCUT2D eigenvalue weighted by atomic mass is 9.91. The van der Waals surface area contributed by atoms with Crippen molar-refractivity contribution in [3.8, 4) is 11.5 Å². The second-order valence-electron chi connectivity index (χ2n) is 29.4. The number of aliphatic carboxylic acids is 3. The first-order valence-corrected chi connectivity index (χ1v) is 44.2. The SMILES string of the molecule is CCC(C)(C)C(=O)[O-].CCC(C)c1ccc(C(=O)[O-])cc1.CCC(C)c1ccc(CC(=O)[O-])cc1.CCC(C)c1ccc(CS(=O)(=O)[O-])cc1.CCC(C)c1ccc(C[O-])cc1.CCC(C)c1ccc(OCC(=O)[O-])cc1.CCC(C)c1ccc(P(=O)([O-])[O-])cc1.CCC(C)c1ccc(S(=O)(=O)[O-])cc1.CCC(C)c1ccc([O-])cc1. The third-order valence-corrected chi connectivity index (χ3v) is 22.8. The zero-order valence-corrected chi connectivity index (χ0v) is 73.7. The van der Waals surface area contributed by atoms with E-state index in [1.807, 2.05) is 91.9 Å². The van der Waals surface area contributed by atoms with Crippen LogP contribution in [0.3, 0.4) is 0 Å². The Balaban J connectivity index is 0.00000129. The Hall–Kier alpha value is -8.83. The Bertz CT molecular complexity index is 4340. The molecular formula is C93H123O20PS2-10. The van der Waals surface area contributed by atoms with Crippen LogP contribution in [0.2, 0.25) is 0 Å². The van der Waals surface area contributed by atoms with E-state index < -0.39 is 69.5 Å². The van der Waals surface area contributed by atoms with Crippen molar-refractivity contribution < 1.29 is 94.8 Å². The second-order valence-corrected chi connectivity index (χ2v) is 33.7. The predicted molar refractivity (Wildman–Crippen MR) is 446 cm³/mol. The summed E-state index contributed by atoms with van der Waals surface area (Å²) in [6.45, 7) is 38.6. The van der Waals surface area contributed by atoms with Crippen LogP contribution in [0.4, 0.5) is 0 Å². The first kappa shape index (κ1) is 107. The number of ether oxygens (including phenoxy) is 1. The van der Waals surface area contributed by atoms with Gasteiger partial charge in [0, 0.05) is 23.8 Å². The molecule has 0 aliphatic rings. The van der Waals surface area contributed by atoms with E-state index in [9.17, 15) is 90.1 Å². The molecule has 0 aromatic heterocycles. The maximum atomic E-state index is 10.7. The number of rotatable bonds is 29. The van der Waals surface area contributed by atoms with Gasteiger partial charge in [0.1, 0.15) is 22.5 Å². The molecule has 20 nitrogen and oxygen atoms in total. The van der Waals surface area contributed by atoms with E-state index in [1.54, 1.807) is 86.6 Å². The normalized spacial score (nSPS) is 13.0. The highest BCUT2D eigenvalue weighted by atomic mass is 32.2. The molecule has 0 bridgehead atoms. The van der Waals surface area contributed by atoms with Crippen molar-refractivity contribution in [1.29, 1.82) is 0 Å². The van der Waals surface area contributed by atoms with E-state index in [2.05, 4.69) is 123 Å². The van der Waals surface area contributed by atoms with Crippen LogP contribution in [0.25, 0.3) is 0 Å². The van der Waals surface area contributed by atoms with Gasteiger partial charge in [0.15, 0.2) is 0 Å². The van der Waals surface area contributed by atoms with Gasteiger partial charge in [-0.15, -0.1) is 12.4 Å². The minimum Gasteiger partial charge on any atom is -0.872 e. The van der Waals surface area contributed by atoms with Gasteiger partial charge < -0.3 is 78.0 Å². The van der Waals surface area contributed by atoms with Crippen LogP contribution in [0.15, 0.2) is 199 Å². The summed E-state index contributed by atoms with van der Waals surface area (Å²) in [7, 11) is -13.0. The van der Waals surface area contributed by atoms with Crippen molar-refractivity contribution in [1.82, 2.24) is 0 Å². The molecule has 8 unspecified atom stereocenters. The Morgan fingerprint density at radius 3 is 0.914 bits per heavy atom. The third kappa shape index (κ3) is 44.5. The van der Waals surface area contributed by atoms with Crippen molar-refractivity contribution in [2.24, 2.45) is 5.41 Å². The lowest BCUT2D eigenvalue weighted by Gasteiger charge is -2.30. The summed E-state index contributed by atoms with van der Waals surface area (Å²) in [6, 6.07) is 56.6. The number of carboxylic acids is 4. The van der Waals surface area contributed by atoms with Crippen molar-refractivity contribution in [2.45, 2.75) is 260 Å². The molecule has 0 radical (unpaired) electrons. The average molecular weight is 1660 g/mol. The Morgan fingerprint density at radius 2 is 0.672 bits per heavy atom. The highest BCUT2D eigenvalue weighted by Gasteiger charge is 2.16. The van der Waals surface area contributed by atoms with Crippen molar-refractivity contribution in [3.63, 3.8) is 0 Å². The molecule has 0 saturated carbocycles. The summed E-state index contributed by atoms with van der Waals surface area (Å²) >= 11 is 0. The molecule has 0 aliphatic carbocycles. The van der Waals surface area contributed by atoms with Crippen LogP contribution < -0.4 is 50.5 Å². The molecule has 0 saturated heterocycles. The summed E-state index contributed by atoms with van der Waals surface area (Å²) in [4.78, 5) is 62.2. The minimum absolute atomic E-state index is 0.000780. The highest BCUT2D eigenvalue weighted by molar-refractivity contribution is 7.85. The maximum absolute atomic E-state index is 10.7. The maximum Gasteiger partial charge on any atom is 0.128 e. The molecule has 0 spiro atoms. The molecule has 0 heterocycles. The Morgan fingerprint density at radius 1 is 0.397 bits per heavy atom. The van der Waals surface area contributed by atoms with Gasteiger partial charge in [-0.3, -0.25) is 0 Å². The largest absolute Gasteiger partial charge is 0.872 e. The summed E-state index contributed by atoms with van der Waals surface area (Å²) in [5.74, 6) is -0.151.